The normalized spacial score (nSPS) is 21.2. The zero-order valence-electron chi connectivity index (χ0n) is 16.2. The van der Waals surface area contributed by atoms with Crippen LogP contribution in [0.4, 0.5) is 0 Å². The molecular formula is C22H25ClN4O2. The molecule has 29 heavy (non-hydrogen) atoms. The number of halogens is 1. The molecule has 0 spiro atoms. The number of aliphatic hydroxyl groups excluding tert-OH is 1. The van der Waals surface area contributed by atoms with Crippen molar-refractivity contribution in [1.82, 2.24) is 20.8 Å². The Labute approximate surface area is 176 Å². The van der Waals surface area contributed by atoms with Gasteiger partial charge >= 0.3 is 0 Å². The zero-order valence-corrected chi connectivity index (χ0v) is 17.0. The molecule has 0 unspecified atom stereocenters. The molecule has 6 nitrogen and oxygen atoms in total. The van der Waals surface area contributed by atoms with Crippen molar-refractivity contribution in [2.75, 3.05) is 13.1 Å². The third-order valence-electron chi connectivity index (χ3n) is 5.40. The van der Waals surface area contributed by atoms with Crippen LogP contribution in [0.2, 0.25) is 0 Å². The fraction of sp³-hybridized carbons (Fsp3) is 0.273. The van der Waals surface area contributed by atoms with E-state index in [9.17, 15) is 9.90 Å². The van der Waals surface area contributed by atoms with Crippen LogP contribution in [0.25, 0.3) is 11.3 Å². The lowest BCUT2D eigenvalue weighted by Gasteiger charge is -2.42. The Morgan fingerprint density at radius 1 is 1.17 bits per heavy atom. The maximum absolute atomic E-state index is 13.0. The number of H-pyrrole nitrogens is 1. The second-order valence-corrected chi connectivity index (χ2v) is 7.29. The zero-order chi connectivity index (χ0) is 19.6. The van der Waals surface area contributed by atoms with Gasteiger partial charge in [-0.1, -0.05) is 60.2 Å². The van der Waals surface area contributed by atoms with Crippen molar-refractivity contribution in [2.24, 2.45) is 0 Å². The molecule has 4 rings (SSSR count). The first kappa shape index (κ1) is 21.0. The second-order valence-electron chi connectivity index (χ2n) is 7.29. The summed E-state index contributed by atoms with van der Waals surface area (Å²) < 4.78 is 0. The highest BCUT2D eigenvalue weighted by atomic mass is 35.5. The van der Waals surface area contributed by atoms with Gasteiger partial charge in [-0.05, 0) is 31.5 Å². The first-order chi connectivity index (χ1) is 13.6. The SMILES string of the molecule is Cc1ccc(-c2cc(C(=O)N[C@@]3(c4ccccc4)CCNC[C@H]3O)[nH]n2)cc1.Cl. The number of aromatic nitrogens is 2. The topological polar surface area (TPSA) is 90.0 Å². The van der Waals surface area contributed by atoms with Crippen LogP contribution in [0.15, 0.2) is 60.7 Å². The number of β-amino-alcohol motifs (C(OH)–C–C–N with tert-alkyl or cyclic N) is 1. The Kier molecular flexibility index (Phi) is 6.37. The summed E-state index contributed by atoms with van der Waals surface area (Å²) in [6, 6.07) is 19.4. The predicted molar refractivity (Wildman–Crippen MR) is 115 cm³/mol. The second kappa shape index (κ2) is 8.78. The molecule has 2 aromatic carbocycles. The quantitative estimate of drug-likeness (QED) is 0.530. The first-order valence-corrected chi connectivity index (χ1v) is 9.48. The largest absolute Gasteiger partial charge is 0.389 e. The third kappa shape index (κ3) is 4.19. The van der Waals surface area contributed by atoms with E-state index >= 15 is 0 Å². The number of hydrogen-bond donors (Lipinski definition) is 4. The van der Waals surface area contributed by atoms with Crippen molar-refractivity contribution >= 4 is 18.3 Å². The maximum Gasteiger partial charge on any atom is 0.270 e. The Hall–Kier alpha value is -2.67. The van der Waals surface area contributed by atoms with Gasteiger partial charge in [0.05, 0.1) is 17.3 Å². The van der Waals surface area contributed by atoms with Gasteiger partial charge in [-0.3, -0.25) is 9.89 Å². The summed E-state index contributed by atoms with van der Waals surface area (Å²) in [7, 11) is 0. The number of benzene rings is 2. The Morgan fingerprint density at radius 2 is 1.90 bits per heavy atom. The highest BCUT2D eigenvalue weighted by Crippen LogP contribution is 2.31. The van der Waals surface area contributed by atoms with E-state index in [-0.39, 0.29) is 18.3 Å². The molecule has 1 fully saturated rings. The van der Waals surface area contributed by atoms with Crippen LogP contribution in [0.1, 0.15) is 28.0 Å². The number of aliphatic hydroxyl groups is 1. The van der Waals surface area contributed by atoms with Gasteiger partial charge in [0.2, 0.25) is 0 Å². The summed E-state index contributed by atoms with van der Waals surface area (Å²) in [5.41, 5.74) is 3.26. The number of rotatable bonds is 4. The van der Waals surface area contributed by atoms with E-state index in [1.54, 1.807) is 6.07 Å². The minimum absolute atomic E-state index is 0. The standard InChI is InChI=1S/C22H24N4O2.ClH/c1-15-7-9-16(10-8-15)18-13-19(26-25-18)21(28)24-22(11-12-23-14-20(22)27)17-5-3-2-4-6-17;/h2-10,13,20,23,27H,11-12,14H2,1H3,(H,24,28)(H,25,26);1H/t20-,22-;/m1./s1. The molecule has 0 aliphatic carbocycles. The van der Waals surface area contributed by atoms with Crippen LogP contribution < -0.4 is 10.6 Å². The summed E-state index contributed by atoms with van der Waals surface area (Å²) in [4.78, 5) is 13.0. The predicted octanol–water partition coefficient (Wildman–Crippen LogP) is 2.79. The Bertz CT molecular complexity index is 958. The molecule has 3 aromatic rings. The molecule has 1 saturated heterocycles. The summed E-state index contributed by atoms with van der Waals surface area (Å²) in [6.07, 6.45) is -0.129. The highest BCUT2D eigenvalue weighted by Gasteiger charge is 2.43. The van der Waals surface area contributed by atoms with Crippen molar-refractivity contribution < 1.29 is 9.90 Å². The minimum atomic E-state index is -0.835. The molecule has 0 saturated carbocycles. The van der Waals surface area contributed by atoms with E-state index in [0.717, 1.165) is 11.1 Å². The lowest BCUT2D eigenvalue weighted by Crippen LogP contribution is -2.61. The van der Waals surface area contributed by atoms with Crippen LogP contribution in [0.3, 0.4) is 0 Å². The summed E-state index contributed by atoms with van der Waals surface area (Å²) in [5, 5.41) is 24.2. The van der Waals surface area contributed by atoms with Crippen molar-refractivity contribution in [1.29, 1.82) is 0 Å². The molecule has 0 radical (unpaired) electrons. The monoisotopic (exact) mass is 412 g/mol. The summed E-state index contributed by atoms with van der Waals surface area (Å²) in [6.45, 7) is 3.16. The van der Waals surface area contributed by atoms with Crippen LogP contribution >= 0.6 is 12.4 Å². The van der Waals surface area contributed by atoms with Gasteiger partial charge < -0.3 is 15.7 Å². The minimum Gasteiger partial charge on any atom is -0.389 e. The molecule has 0 bridgehead atoms. The third-order valence-corrected chi connectivity index (χ3v) is 5.40. The average molecular weight is 413 g/mol. The first-order valence-electron chi connectivity index (χ1n) is 9.48. The van der Waals surface area contributed by atoms with Crippen molar-refractivity contribution in [3.8, 4) is 11.3 Å². The van der Waals surface area contributed by atoms with Crippen molar-refractivity contribution in [3.05, 3.63) is 77.5 Å². The number of carbonyl (C=O) groups excluding carboxylic acids is 1. The van der Waals surface area contributed by atoms with Gasteiger partial charge in [0, 0.05) is 12.1 Å². The van der Waals surface area contributed by atoms with E-state index in [2.05, 4.69) is 20.8 Å². The molecule has 1 aliphatic rings. The summed E-state index contributed by atoms with van der Waals surface area (Å²) in [5.74, 6) is -0.282. The number of carbonyl (C=O) groups is 1. The van der Waals surface area contributed by atoms with Crippen molar-refractivity contribution in [2.45, 2.75) is 25.0 Å². The number of nitrogens with one attached hydrogen (secondary N) is 3. The van der Waals surface area contributed by atoms with E-state index < -0.39 is 11.6 Å². The van der Waals surface area contributed by atoms with E-state index in [4.69, 9.17) is 0 Å². The number of piperidine rings is 1. The molecular weight excluding hydrogens is 388 g/mol. The number of aromatic amines is 1. The van der Waals surface area contributed by atoms with Gasteiger partial charge in [-0.15, -0.1) is 12.4 Å². The number of hydrogen-bond acceptors (Lipinski definition) is 4. The molecule has 1 amide bonds. The smallest absolute Gasteiger partial charge is 0.270 e. The molecule has 7 heteroatoms. The van der Waals surface area contributed by atoms with Crippen LogP contribution in [0.5, 0.6) is 0 Å². The number of aryl methyl sites for hydroxylation is 1. The van der Waals surface area contributed by atoms with Crippen molar-refractivity contribution in [3.63, 3.8) is 0 Å². The number of amides is 1. The van der Waals surface area contributed by atoms with Crippen LogP contribution in [-0.4, -0.2) is 40.4 Å². The highest BCUT2D eigenvalue weighted by molar-refractivity contribution is 5.94. The molecule has 1 aliphatic heterocycles. The van der Waals surface area contributed by atoms with E-state index in [1.165, 1.54) is 5.56 Å². The van der Waals surface area contributed by atoms with Crippen LogP contribution in [-0.2, 0) is 5.54 Å². The van der Waals surface area contributed by atoms with Gasteiger partial charge in [-0.2, -0.15) is 5.10 Å². The van der Waals surface area contributed by atoms with E-state index in [0.29, 0.717) is 30.9 Å². The number of nitrogens with zero attached hydrogens (tertiary/aromatic N) is 1. The Morgan fingerprint density at radius 3 is 2.59 bits per heavy atom. The lowest BCUT2D eigenvalue weighted by atomic mass is 9.79. The fourth-order valence-electron chi connectivity index (χ4n) is 3.74. The Balaban J connectivity index is 0.00000240. The van der Waals surface area contributed by atoms with Crippen LogP contribution in [0, 0.1) is 6.92 Å². The average Bonchev–Trinajstić information content (AvgIpc) is 3.21. The lowest BCUT2D eigenvalue weighted by molar-refractivity contribution is 0.0288. The molecule has 1 aromatic heterocycles. The maximum atomic E-state index is 13.0. The molecule has 2 atom stereocenters. The molecule has 4 N–H and O–H groups in total. The van der Waals surface area contributed by atoms with E-state index in [1.807, 2.05) is 61.5 Å². The van der Waals surface area contributed by atoms with Gasteiger partial charge in [-0.25, -0.2) is 0 Å². The van der Waals surface area contributed by atoms with Gasteiger partial charge in [0.1, 0.15) is 5.69 Å². The van der Waals surface area contributed by atoms with Gasteiger partial charge in [0.25, 0.3) is 5.91 Å². The fourth-order valence-corrected chi connectivity index (χ4v) is 3.74. The van der Waals surface area contributed by atoms with Gasteiger partial charge in [0.15, 0.2) is 0 Å². The summed E-state index contributed by atoms with van der Waals surface area (Å²) >= 11 is 0. The molecule has 2 heterocycles. The molecule has 152 valence electrons.